The van der Waals surface area contributed by atoms with Crippen molar-refractivity contribution in [2.24, 2.45) is 0 Å². The van der Waals surface area contributed by atoms with Gasteiger partial charge in [0.25, 0.3) is 0 Å². The van der Waals surface area contributed by atoms with Crippen molar-refractivity contribution in [3.05, 3.63) is 59.7 Å². The summed E-state index contributed by atoms with van der Waals surface area (Å²) in [7, 11) is 0. The molecular formula is C23H23NO10. The van der Waals surface area contributed by atoms with Crippen LogP contribution in [0.3, 0.4) is 0 Å². The maximum Gasteiger partial charge on any atom is 0.330 e. The normalized spacial score (nSPS) is 25.4. The number of ether oxygens (including phenoxy) is 3. The summed E-state index contributed by atoms with van der Waals surface area (Å²) < 4.78 is 16.0. The van der Waals surface area contributed by atoms with Crippen LogP contribution in [0.5, 0.6) is 17.2 Å². The summed E-state index contributed by atoms with van der Waals surface area (Å²) in [6.45, 7) is -0.470. The van der Waals surface area contributed by atoms with Crippen LogP contribution in [0.25, 0.3) is 6.08 Å². The van der Waals surface area contributed by atoms with Gasteiger partial charge >= 0.3 is 5.97 Å². The third-order valence-electron chi connectivity index (χ3n) is 5.04. The van der Waals surface area contributed by atoms with E-state index in [-0.39, 0.29) is 17.2 Å². The van der Waals surface area contributed by atoms with Crippen molar-refractivity contribution in [1.82, 2.24) is 0 Å². The lowest BCUT2D eigenvalue weighted by molar-refractivity contribution is -0.278. The Hall–Kier alpha value is -3.66. The van der Waals surface area contributed by atoms with Gasteiger partial charge in [-0.2, -0.15) is 5.26 Å². The Kier molecular flexibility index (Phi) is 8.06. The van der Waals surface area contributed by atoms with Crippen LogP contribution in [0, 0.1) is 11.3 Å². The van der Waals surface area contributed by atoms with Gasteiger partial charge in [-0.1, -0.05) is 18.2 Å². The van der Waals surface area contributed by atoms with Crippen molar-refractivity contribution >= 4 is 12.0 Å². The Morgan fingerprint density at radius 3 is 2.41 bits per heavy atom. The van der Waals surface area contributed by atoms with Crippen molar-refractivity contribution in [3.63, 3.8) is 0 Å². The zero-order valence-corrected chi connectivity index (χ0v) is 17.6. The molecule has 0 radical (unpaired) electrons. The monoisotopic (exact) mass is 473 g/mol. The van der Waals surface area contributed by atoms with E-state index >= 15 is 0 Å². The van der Waals surface area contributed by atoms with E-state index in [1.807, 2.05) is 0 Å². The second-order valence-electron chi connectivity index (χ2n) is 7.44. The van der Waals surface area contributed by atoms with Crippen LogP contribution in [0.2, 0.25) is 0 Å². The molecule has 0 aliphatic carbocycles. The molecule has 0 amide bonds. The number of nitrogens with zero attached hydrogens (tertiary/aromatic N) is 1. The first kappa shape index (κ1) is 25.0. The Balaban J connectivity index is 1.59. The lowest BCUT2D eigenvalue weighted by atomic mass is 9.99. The van der Waals surface area contributed by atoms with Gasteiger partial charge in [-0.3, -0.25) is 0 Å². The summed E-state index contributed by atoms with van der Waals surface area (Å²) in [6, 6.07) is 11.3. The number of carbonyl (C=O) groups is 1. The van der Waals surface area contributed by atoms with Gasteiger partial charge in [0, 0.05) is 6.08 Å². The standard InChI is InChI=1S/C23H23NO10/c24-10-17(27)13-3-5-14(6-4-13)33-23-22(31)21(30)20(29)18(34-23)11-32-19(28)8-2-12-1-7-15(25)16(26)9-12/h1-9,17-18,20-23,25-27,29-31H,11H2/b8-2-/t17-,18+,20+,21-,22+,23-/m0/s1. The third-order valence-corrected chi connectivity index (χ3v) is 5.04. The average molecular weight is 473 g/mol. The highest BCUT2D eigenvalue weighted by molar-refractivity contribution is 5.87. The molecule has 0 unspecified atom stereocenters. The Morgan fingerprint density at radius 1 is 1.06 bits per heavy atom. The number of aromatic hydroxyl groups is 2. The molecule has 180 valence electrons. The van der Waals surface area contributed by atoms with E-state index in [2.05, 4.69) is 0 Å². The van der Waals surface area contributed by atoms with E-state index in [1.165, 1.54) is 48.5 Å². The highest BCUT2D eigenvalue weighted by atomic mass is 16.7. The highest BCUT2D eigenvalue weighted by Crippen LogP contribution is 2.27. The lowest BCUT2D eigenvalue weighted by Crippen LogP contribution is -2.60. The number of hydrogen-bond acceptors (Lipinski definition) is 11. The van der Waals surface area contributed by atoms with Crippen LogP contribution in [-0.4, -0.2) is 73.9 Å². The molecule has 1 fully saturated rings. The number of aliphatic hydroxyl groups excluding tert-OH is 4. The third kappa shape index (κ3) is 6.02. The molecule has 3 rings (SSSR count). The quantitative estimate of drug-likeness (QED) is 0.138. The number of phenolic OH excluding ortho intramolecular Hbond substituents is 2. The van der Waals surface area contributed by atoms with E-state index in [1.54, 1.807) is 6.07 Å². The molecule has 11 heteroatoms. The lowest BCUT2D eigenvalue weighted by Gasteiger charge is -2.39. The summed E-state index contributed by atoms with van der Waals surface area (Å²) in [5.74, 6) is -1.29. The van der Waals surface area contributed by atoms with E-state index in [0.717, 1.165) is 6.08 Å². The van der Waals surface area contributed by atoms with E-state index < -0.39 is 49.4 Å². The predicted octanol–water partition coefficient (Wildman–Crippen LogP) is 0.0978. The Bertz CT molecular complexity index is 1060. The Labute approximate surface area is 193 Å². The molecule has 11 nitrogen and oxygen atoms in total. The van der Waals surface area contributed by atoms with Gasteiger partial charge in [-0.15, -0.1) is 0 Å². The topological polar surface area (TPSA) is 190 Å². The summed E-state index contributed by atoms with van der Waals surface area (Å²) in [5, 5.41) is 67.6. The molecule has 6 N–H and O–H groups in total. The molecule has 2 aromatic carbocycles. The van der Waals surface area contributed by atoms with Gasteiger partial charge in [-0.25, -0.2) is 4.79 Å². The molecule has 1 saturated heterocycles. The van der Waals surface area contributed by atoms with Gasteiger partial charge in [0.05, 0.1) is 6.07 Å². The van der Waals surface area contributed by atoms with Crippen LogP contribution in [0.4, 0.5) is 0 Å². The van der Waals surface area contributed by atoms with Crippen LogP contribution in [-0.2, 0) is 14.3 Å². The van der Waals surface area contributed by atoms with E-state index in [4.69, 9.17) is 19.5 Å². The first-order valence-electron chi connectivity index (χ1n) is 10.1. The number of benzene rings is 2. The van der Waals surface area contributed by atoms with E-state index in [9.17, 15) is 35.4 Å². The molecule has 1 aliphatic rings. The summed E-state index contributed by atoms with van der Waals surface area (Å²) in [4.78, 5) is 12.0. The van der Waals surface area contributed by atoms with Gasteiger partial charge in [-0.05, 0) is 41.5 Å². The van der Waals surface area contributed by atoms with Crippen LogP contribution in [0.15, 0.2) is 48.5 Å². The second-order valence-corrected chi connectivity index (χ2v) is 7.44. The van der Waals surface area contributed by atoms with Crippen molar-refractivity contribution < 1.29 is 49.6 Å². The number of phenols is 2. The minimum Gasteiger partial charge on any atom is -0.504 e. The molecule has 0 saturated carbocycles. The molecule has 2 aromatic rings. The number of hydrogen-bond donors (Lipinski definition) is 6. The fourth-order valence-corrected chi connectivity index (χ4v) is 3.11. The van der Waals surface area contributed by atoms with Crippen LogP contribution in [0.1, 0.15) is 17.2 Å². The fourth-order valence-electron chi connectivity index (χ4n) is 3.11. The molecule has 6 atom stereocenters. The molecular weight excluding hydrogens is 450 g/mol. The molecule has 34 heavy (non-hydrogen) atoms. The van der Waals surface area contributed by atoms with Gasteiger partial charge < -0.3 is 44.8 Å². The molecule has 0 spiro atoms. The summed E-state index contributed by atoms with van der Waals surface area (Å²) >= 11 is 0. The maximum atomic E-state index is 12.0. The van der Waals surface area contributed by atoms with Crippen LogP contribution < -0.4 is 4.74 Å². The van der Waals surface area contributed by atoms with Crippen molar-refractivity contribution in [1.29, 1.82) is 5.26 Å². The minimum absolute atomic E-state index is 0.192. The first-order chi connectivity index (χ1) is 16.2. The zero-order valence-electron chi connectivity index (χ0n) is 17.6. The summed E-state index contributed by atoms with van der Waals surface area (Å²) in [6.07, 6.45) is -6.41. The largest absolute Gasteiger partial charge is 0.504 e. The summed E-state index contributed by atoms with van der Waals surface area (Å²) in [5.41, 5.74) is 0.747. The molecule has 1 aliphatic heterocycles. The zero-order chi connectivity index (χ0) is 24.8. The number of carbonyl (C=O) groups excluding carboxylic acids is 1. The smallest absolute Gasteiger partial charge is 0.330 e. The van der Waals surface area contributed by atoms with Crippen molar-refractivity contribution in [2.45, 2.75) is 36.8 Å². The number of esters is 1. The van der Waals surface area contributed by atoms with Crippen LogP contribution >= 0.6 is 0 Å². The van der Waals surface area contributed by atoms with Gasteiger partial charge in [0.2, 0.25) is 6.29 Å². The fraction of sp³-hybridized carbons (Fsp3) is 0.304. The van der Waals surface area contributed by atoms with E-state index in [0.29, 0.717) is 11.1 Å². The highest BCUT2D eigenvalue weighted by Gasteiger charge is 2.45. The van der Waals surface area contributed by atoms with Crippen molar-refractivity contribution in [3.8, 4) is 23.3 Å². The number of nitriles is 1. The Morgan fingerprint density at radius 2 is 1.76 bits per heavy atom. The second kappa shape index (κ2) is 11.0. The van der Waals surface area contributed by atoms with Gasteiger partial charge in [0.1, 0.15) is 36.8 Å². The number of aliphatic hydroxyl groups is 4. The minimum atomic E-state index is -1.65. The molecule has 0 aromatic heterocycles. The van der Waals surface area contributed by atoms with Crippen molar-refractivity contribution in [2.75, 3.05) is 6.61 Å². The number of rotatable bonds is 7. The first-order valence-corrected chi connectivity index (χ1v) is 10.1. The van der Waals surface area contributed by atoms with Gasteiger partial charge in [0.15, 0.2) is 17.6 Å². The SMILES string of the molecule is N#C[C@H](O)c1ccc(O[C@H]2O[C@H](COC(=O)/C=C\c3ccc(O)c(O)c3)[C@@H](O)[C@H](O)[C@H]2O)cc1. The molecule has 0 bridgehead atoms. The average Bonchev–Trinajstić information content (AvgIpc) is 2.84. The predicted molar refractivity (Wildman–Crippen MR) is 114 cm³/mol. The molecule has 1 heterocycles. The maximum absolute atomic E-state index is 12.0.